The van der Waals surface area contributed by atoms with E-state index in [0.717, 1.165) is 16.2 Å². The van der Waals surface area contributed by atoms with E-state index < -0.39 is 21.8 Å². The molecule has 3 rings (SSSR count). The van der Waals surface area contributed by atoms with Gasteiger partial charge in [-0.3, -0.25) is 19.5 Å². The summed E-state index contributed by atoms with van der Waals surface area (Å²) >= 11 is 1.10. The fourth-order valence-electron chi connectivity index (χ4n) is 2.10. The molecule has 1 N–H and O–H groups in total. The predicted molar refractivity (Wildman–Crippen MR) is 79.1 cm³/mol. The van der Waals surface area contributed by atoms with E-state index in [1.807, 2.05) is 0 Å². The Kier molecular flexibility index (Phi) is 3.77. The number of hydrogen-bond donors (Lipinski definition) is 1. The molecule has 9 heteroatoms. The molecule has 0 spiro atoms. The lowest BCUT2D eigenvalue weighted by atomic mass is 10.2. The Morgan fingerprint density at radius 1 is 1.18 bits per heavy atom. The van der Waals surface area contributed by atoms with Gasteiger partial charge in [0, 0.05) is 19.3 Å². The van der Waals surface area contributed by atoms with Crippen LogP contribution in [0.1, 0.15) is 20.8 Å². The zero-order valence-electron chi connectivity index (χ0n) is 11.2. The van der Waals surface area contributed by atoms with Gasteiger partial charge in [0.2, 0.25) is 10.0 Å². The first kappa shape index (κ1) is 14.8. The molecule has 0 bridgehead atoms. The predicted octanol–water partition coefficient (Wildman–Crippen LogP) is 0.718. The Morgan fingerprint density at radius 3 is 2.68 bits per heavy atom. The number of hydrogen-bond acceptors (Lipinski definition) is 6. The molecule has 7 nitrogen and oxygen atoms in total. The molecule has 114 valence electrons. The molecule has 0 fully saturated rings. The number of carbonyl (C=O) groups excluding carboxylic acids is 2. The van der Waals surface area contributed by atoms with Crippen LogP contribution in [0.25, 0.3) is 0 Å². The minimum absolute atomic E-state index is 0.0430. The minimum Gasteiger partial charge on any atom is -0.272 e. The summed E-state index contributed by atoms with van der Waals surface area (Å²) in [5.41, 5.74) is 0.349. The van der Waals surface area contributed by atoms with Crippen LogP contribution < -0.4 is 4.72 Å². The third-order valence-corrected chi connectivity index (χ3v) is 5.98. The highest BCUT2D eigenvalue weighted by Gasteiger charge is 2.36. The Hall–Kier alpha value is -2.10. The van der Waals surface area contributed by atoms with Crippen molar-refractivity contribution in [2.45, 2.75) is 4.21 Å². The molecule has 0 saturated carbocycles. The third-order valence-electron chi connectivity index (χ3n) is 3.12. The number of aromatic nitrogens is 1. The van der Waals surface area contributed by atoms with E-state index in [1.165, 1.54) is 18.3 Å². The third kappa shape index (κ3) is 2.54. The molecule has 1 aliphatic heterocycles. The van der Waals surface area contributed by atoms with Crippen molar-refractivity contribution in [1.82, 2.24) is 14.6 Å². The van der Waals surface area contributed by atoms with Gasteiger partial charge in [-0.15, -0.1) is 11.3 Å². The van der Waals surface area contributed by atoms with E-state index in [0.29, 0.717) is 0 Å². The van der Waals surface area contributed by atoms with Crippen LogP contribution in [0.15, 0.2) is 40.1 Å². The lowest BCUT2D eigenvalue weighted by Gasteiger charge is -2.13. The van der Waals surface area contributed by atoms with E-state index in [-0.39, 0.29) is 28.6 Å². The molecule has 0 atom stereocenters. The fourth-order valence-corrected chi connectivity index (χ4v) is 4.15. The van der Waals surface area contributed by atoms with E-state index in [9.17, 15) is 18.0 Å². The van der Waals surface area contributed by atoms with Crippen LogP contribution in [0.2, 0.25) is 0 Å². The van der Waals surface area contributed by atoms with Crippen molar-refractivity contribution in [3.63, 3.8) is 0 Å². The molecule has 2 amide bonds. The zero-order chi connectivity index (χ0) is 15.7. The van der Waals surface area contributed by atoms with Gasteiger partial charge in [0.15, 0.2) is 0 Å². The van der Waals surface area contributed by atoms with Gasteiger partial charge in [0.25, 0.3) is 11.8 Å². The summed E-state index contributed by atoms with van der Waals surface area (Å²) in [6.45, 7) is -0.0929. The average molecular weight is 337 g/mol. The fraction of sp³-hybridized carbons (Fsp3) is 0.154. The highest BCUT2D eigenvalue weighted by atomic mass is 32.2. The molecule has 2 aromatic heterocycles. The highest BCUT2D eigenvalue weighted by molar-refractivity contribution is 7.91. The smallest absolute Gasteiger partial charge is 0.272 e. The minimum atomic E-state index is -3.61. The summed E-state index contributed by atoms with van der Waals surface area (Å²) in [6, 6.07) is 6.22. The first-order valence-electron chi connectivity index (χ1n) is 6.35. The number of rotatable bonds is 5. The quantitative estimate of drug-likeness (QED) is 0.811. The van der Waals surface area contributed by atoms with Crippen LogP contribution >= 0.6 is 11.3 Å². The maximum atomic E-state index is 12.1. The van der Waals surface area contributed by atoms with Gasteiger partial charge in [-0.05, 0) is 23.6 Å². The van der Waals surface area contributed by atoms with Gasteiger partial charge in [-0.1, -0.05) is 6.07 Å². The Labute approximate surface area is 130 Å². The molecule has 3 heterocycles. The van der Waals surface area contributed by atoms with E-state index in [1.54, 1.807) is 17.5 Å². The van der Waals surface area contributed by atoms with Gasteiger partial charge in [0.05, 0.1) is 5.56 Å². The van der Waals surface area contributed by atoms with Crippen LogP contribution in [-0.2, 0) is 10.0 Å². The maximum absolute atomic E-state index is 12.1. The molecule has 2 aromatic rings. The van der Waals surface area contributed by atoms with Crippen LogP contribution in [-0.4, -0.2) is 43.2 Å². The zero-order valence-corrected chi connectivity index (χ0v) is 12.9. The van der Waals surface area contributed by atoms with Crippen LogP contribution in [0.3, 0.4) is 0 Å². The summed E-state index contributed by atoms with van der Waals surface area (Å²) in [7, 11) is -3.61. The highest BCUT2D eigenvalue weighted by Crippen LogP contribution is 2.20. The van der Waals surface area contributed by atoms with E-state index in [2.05, 4.69) is 9.71 Å². The number of fused-ring (bicyclic) bond motifs is 1. The van der Waals surface area contributed by atoms with Crippen molar-refractivity contribution in [3.8, 4) is 0 Å². The van der Waals surface area contributed by atoms with Crippen LogP contribution in [0.4, 0.5) is 0 Å². The molecule has 0 aromatic carbocycles. The summed E-state index contributed by atoms with van der Waals surface area (Å²) < 4.78 is 26.5. The van der Waals surface area contributed by atoms with Crippen molar-refractivity contribution in [3.05, 3.63) is 47.1 Å². The van der Waals surface area contributed by atoms with Crippen molar-refractivity contribution in [2.24, 2.45) is 0 Å². The second-order valence-electron chi connectivity index (χ2n) is 4.49. The lowest BCUT2D eigenvalue weighted by molar-refractivity contribution is 0.0655. The number of carbonyl (C=O) groups is 2. The number of amides is 2. The van der Waals surface area contributed by atoms with E-state index in [4.69, 9.17) is 0 Å². The molecular formula is C13H11N3O4S2. The monoisotopic (exact) mass is 337 g/mol. The number of imide groups is 1. The molecule has 0 unspecified atom stereocenters. The van der Waals surface area contributed by atoms with Gasteiger partial charge < -0.3 is 0 Å². The SMILES string of the molecule is O=C1c2cccnc2C(=O)N1CCNS(=O)(=O)c1cccs1. The van der Waals surface area contributed by atoms with Gasteiger partial charge in [-0.2, -0.15) is 0 Å². The molecular weight excluding hydrogens is 326 g/mol. The van der Waals surface area contributed by atoms with E-state index >= 15 is 0 Å². The van der Waals surface area contributed by atoms with Crippen LogP contribution in [0, 0.1) is 0 Å². The molecule has 0 aliphatic carbocycles. The average Bonchev–Trinajstić information content (AvgIpc) is 3.12. The first-order chi connectivity index (χ1) is 10.5. The number of thiophene rings is 1. The summed E-state index contributed by atoms with van der Waals surface area (Å²) in [5.74, 6) is -0.959. The Balaban J connectivity index is 1.67. The van der Waals surface area contributed by atoms with Gasteiger partial charge >= 0.3 is 0 Å². The Bertz CT molecular complexity index is 796. The van der Waals surface area contributed by atoms with Crippen molar-refractivity contribution in [1.29, 1.82) is 0 Å². The maximum Gasteiger partial charge on any atom is 0.280 e. The van der Waals surface area contributed by atoms with Gasteiger partial charge in [-0.25, -0.2) is 13.1 Å². The molecule has 1 aliphatic rings. The lowest BCUT2D eigenvalue weighted by Crippen LogP contribution is -2.38. The number of nitrogens with one attached hydrogen (secondary N) is 1. The summed E-state index contributed by atoms with van der Waals surface area (Å²) in [6.07, 6.45) is 1.44. The molecule has 0 radical (unpaired) electrons. The number of pyridine rings is 1. The molecule has 22 heavy (non-hydrogen) atoms. The largest absolute Gasteiger partial charge is 0.280 e. The second kappa shape index (κ2) is 5.59. The summed E-state index contributed by atoms with van der Waals surface area (Å²) in [5, 5.41) is 1.66. The first-order valence-corrected chi connectivity index (χ1v) is 8.71. The molecule has 0 saturated heterocycles. The van der Waals surface area contributed by atoms with Crippen LogP contribution in [0.5, 0.6) is 0 Å². The standard InChI is InChI=1S/C13H11N3O4S2/c17-12-9-3-1-5-14-11(9)13(18)16(12)7-6-15-22(19,20)10-4-2-8-21-10/h1-5,8,15H,6-7H2. The van der Waals surface area contributed by atoms with Gasteiger partial charge in [0.1, 0.15) is 9.90 Å². The topological polar surface area (TPSA) is 96.4 Å². The number of sulfonamides is 1. The summed E-state index contributed by atoms with van der Waals surface area (Å²) in [4.78, 5) is 29.0. The Morgan fingerprint density at radius 2 is 2.00 bits per heavy atom. The number of nitrogens with zero attached hydrogens (tertiary/aromatic N) is 2. The van der Waals surface area contributed by atoms with Crippen molar-refractivity contribution >= 4 is 33.2 Å². The van der Waals surface area contributed by atoms with Crippen molar-refractivity contribution in [2.75, 3.05) is 13.1 Å². The second-order valence-corrected chi connectivity index (χ2v) is 7.43. The van der Waals surface area contributed by atoms with Crippen molar-refractivity contribution < 1.29 is 18.0 Å². The normalized spacial score (nSPS) is 14.5.